The predicted molar refractivity (Wildman–Crippen MR) is 68.4 cm³/mol. The summed E-state index contributed by atoms with van der Waals surface area (Å²) < 4.78 is 6.98. The molecule has 1 aliphatic rings. The summed E-state index contributed by atoms with van der Waals surface area (Å²) in [6.07, 6.45) is 3.67. The van der Waals surface area contributed by atoms with Crippen molar-refractivity contribution in [2.24, 2.45) is 7.05 Å². The Hall–Kier alpha value is -1.56. The van der Waals surface area contributed by atoms with Crippen molar-refractivity contribution in [3.63, 3.8) is 0 Å². The number of ether oxygens (including phenoxy) is 1. The molecule has 6 heteroatoms. The number of aromatic nitrogens is 2. The fraction of sp³-hybridized carbons (Fsp3) is 0.667. The lowest BCUT2D eigenvalue weighted by molar-refractivity contribution is -0.120. The van der Waals surface area contributed by atoms with Crippen LogP contribution < -0.4 is 10.6 Å². The lowest BCUT2D eigenvalue weighted by Gasteiger charge is -2.23. The van der Waals surface area contributed by atoms with Gasteiger partial charge >= 0.3 is 0 Å². The quantitative estimate of drug-likeness (QED) is 0.815. The number of anilines is 1. The van der Waals surface area contributed by atoms with E-state index in [1.807, 2.05) is 20.2 Å². The zero-order chi connectivity index (χ0) is 13.0. The molecule has 0 aliphatic carbocycles. The average molecular weight is 252 g/mol. The molecule has 100 valence electrons. The van der Waals surface area contributed by atoms with Crippen LogP contribution in [0.1, 0.15) is 18.5 Å². The number of hydrogen-bond donors (Lipinski definition) is 2. The standard InChI is InChI=1S/C12H20N4O2/c1-9-11(8-16(2)15-9)13-7-12(17)14-10-3-5-18-6-4-10/h8,10,13H,3-7H2,1-2H3,(H,14,17). The van der Waals surface area contributed by atoms with Crippen molar-refractivity contribution in [3.8, 4) is 0 Å². The molecule has 0 radical (unpaired) electrons. The van der Waals surface area contributed by atoms with Gasteiger partial charge in [-0.1, -0.05) is 0 Å². The predicted octanol–water partition coefficient (Wildman–Crippen LogP) is 0.436. The van der Waals surface area contributed by atoms with Crippen molar-refractivity contribution in [2.45, 2.75) is 25.8 Å². The van der Waals surface area contributed by atoms with Crippen molar-refractivity contribution >= 4 is 11.6 Å². The number of carbonyl (C=O) groups excluding carboxylic acids is 1. The lowest BCUT2D eigenvalue weighted by atomic mass is 10.1. The Labute approximate surface area is 107 Å². The second kappa shape index (κ2) is 5.86. The SMILES string of the molecule is Cc1nn(C)cc1NCC(=O)NC1CCOCC1. The van der Waals surface area contributed by atoms with Crippen molar-refractivity contribution < 1.29 is 9.53 Å². The molecule has 1 aliphatic heterocycles. The summed E-state index contributed by atoms with van der Waals surface area (Å²) in [5.41, 5.74) is 1.80. The molecule has 0 saturated carbocycles. The number of rotatable bonds is 4. The molecule has 0 spiro atoms. The Balaban J connectivity index is 1.75. The first-order chi connectivity index (χ1) is 8.65. The van der Waals surface area contributed by atoms with Crippen LogP contribution in [0.3, 0.4) is 0 Å². The molecular weight excluding hydrogens is 232 g/mol. The Morgan fingerprint density at radius 3 is 2.89 bits per heavy atom. The minimum absolute atomic E-state index is 0.0187. The molecule has 1 aromatic heterocycles. The fourth-order valence-electron chi connectivity index (χ4n) is 2.07. The lowest BCUT2D eigenvalue weighted by Crippen LogP contribution is -2.41. The van der Waals surface area contributed by atoms with Gasteiger partial charge in [-0.3, -0.25) is 9.48 Å². The summed E-state index contributed by atoms with van der Waals surface area (Å²) in [6.45, 7) is 3.67. The van der Waals surface area contributed by atoms with Crippen LogP contribution in [0.5, 0.6) is 0 Å². The maximum absolute atomic E-state index is 11.8. The second-order valence-corrected chi connectivity index (χ2v) is 4.61. The summed E-state index contributed by atoms with van der Waals surface area (Å²) in [4.78, 5) is 11.8. The topological polar surface area (TPSA) is 68.2 Å². The summed E-state index contributed by atoms with van der Waals surface area (Å²) >= 11 is 0. The molecule has 1 fully saturated rings. The van der Waals surface area contributed by atoms with E-state index < -0.39 is 0 Å². The van der Waals surface area contributed by atoms with E-state index in [2.05, 4.69) is 15.7 Å². The number of aryl methyl sites for hydroxylation is 2. The highest BCUT2D eigenvalue weighted by atomic mass is 16.5. The minimum Gasteiger partial charge on any atom is -0.381 e. The Morgan fingerprint density at radius 2 is 2.28 bits per heavy atom. The average Bonchev–Trinajstić information content (AvgIpc) is 2.66. The van der Waals surface area contributed by atoms with Crippen LogP contribution in [-0.4, -0.2) is 41.5 Å². The van der Waals surface area contributed by atoms with Gasteiger partial charge in [0.1, 0.15) is 0 Å². The smallest absolute Gasteiger partial charge is 0.239 e. The van der Waals surface area contributed by atoms with E-state index in [0.29, 0.717) is 0 Å². The molecule has 2 N–H and O–H groups in total. The van der Waals surface area contributed by atoms with Crippen LogP contribution in [-0.2, 0) is 16.6 Å². The van der Waals surface area contributed by atoms with Gasteiger partial charge in [0.25, 0.3) is 0 Å². The molecule has 2 heterocycles. The van der Waals surface area contributed by atoms with Crippen LogP contribution in [0.15, 0.2) is 6.20 Å². The highest BCUT2D eigenvalue weighted by Gasteiger charge is 2.15. The van der Waals surface area contributed by atoms with Crippen LogP contribution in [0, 0.1) is 6.92 Å². The van der Waals surface area contributed by atoms with Crippen molar-refractivity contribution in [1.29, 1.82) is 0 Å². The van der Waals surface area contributed by atoms with Crippen molar-refractivity contribution in [2.75, 3.05) is 25.1 Å². The van der Waals surface area contributed by atoms with Gasteiger partial charge in [0, 0.05) is 32.5 Å². The minimum atomic E-state index is 0.0187. The van der Waals surface area contributed by atoms with Gasteiger partial charge in [-0.15, -0.1) is 0 Å². The van der Waals surface area contributed by atoms with Gasteiger partial charge < -0.3 is 15.4 Å². The first-order valence-corrected chi connectivity index (χ1v) is 6.26. The number of nitrogens with one attached hydrogen (secondary N) is 2. The third kappa shape index (κ3) is 3.46. The molecule has 0 unspecified atom stereocenters. The summed E-state index contributed by atoms with van der Waals surface area (Å²) in [5, 5.41) is 10.3. The Kier molecular flexibility index (Phi) is 4.19. The van der Waals surface area contributed by atoms with E-state index in [4.69, 9.17) is 4.74 Å². The van der Waals surface area contributed by atoms with Gasteiger partial charge in [-0.25, -0.2) is 0 Å². The van der Waals surface area contributed by atoms with E-state index >= 15 is 0 Å². The Morgan fingerprint density at radius 1 is 1.56 bits per heavy atom. The van der Waals surface area contributed by atoms with Gasteiger partial charge in [0.05, 0.1) is 17.9 Å². The molecule has 1 aromatic rings. The highest BCUT2D eigenvalue weighted by Crippen LogP contribution is 2.10. The van der Waals surface area contributed by atoms with E-state index in [0.717, 1.165) is 37.4 Å². The molecule has 0 atom stereocenters. The number of carbonyl (C=O) groups is 1. The van der Waals surface area contributed by atoms with Crippen LogP contribution in [0.4, 0.5) is 5.69 Å². The van der Waals surface area contributed by atoms with Gasteiger partial charge in [0.2, 0.25) is 5.91 Å². The Bertz CT molecular complexity index is 410. The number of amides is 1. The largest absolute Gasteiger partial charge is 0.381 e. The first-order valence-electron chi connectivity index (χ1n) is 6.26. The van der Waals surface area contributed by atoms with Crippen LogP contribution in [0.25, 0.3) is 0 Å². The molecule has 0 aromatic carbocycles. The third-order valence-electron chi connectivity index (χ3n) is 3.04. The normalized spacial score (nSPS) is 16.6. The fourth-order valence-corrected chi connectivity index (χ4v) is 2.07. The first kappa shape index (κ1) is 12.9. The van der Waals surface area contributed by atoms with Crippen molar-refractivity contribution in [3.05, 3.63) is 11.9 Å². The zero-order valence-corrected chi connectivity index (χ0v) is 10.9. The number of hydrogen-bond acceptors (Lipinski definition) is 4. The van der Waals surface area contributed by atoms with Gasteiger partial charge in [0.15, 0.2) is 0 Å². The molecule has 18 heavy (non-hydrogen) atoms. The molecule has 0 bridgehead atoms. The molecule has 1 saturated heterocycles. The van der Waals surface area contributed by atoms with Crippen molar-refractivity contribution in [1.82, 2.24) is 15.1 Å². The molecule has 6 nitrogen and oxygen atoms in total. The highest BCUT2D eigenvalue weighted by molar-refractivity contribution is 5.81. The maximum atomic E-state index is 11.8. The maximum Gasteiger partial charge on any atom is 0.239 e. The zero-order valence-electron chi connectivity index (χ0n) is 10.9. The van der Waals surface area contributed by atoms with E-state index in [9.17, 15) is 4.79 Å². The molecule has 1 amide bonds. The molecule has 2 rings (SSSR count). The third-order valence-corrected chi connectivity index (χ3v) is 3.04. The van der Waals surface area contributed by atoms with E-state index in [-0.39, 0.29) is 18.5 Å². The number of nitrogens with zero attached hydrogens (tertiary/aromatic N) is 2. The van der Waals surface area contributed by atoms with Crippen LogP contribution >= 0.6 is 0 Å². The van der Waals surface area contributed by atoms with Crippen LogP contribution in [0.2, 0.25) is 0 Å². The monoisotopic (exact) mass is 252 g/mol. The van der Waals surface area contributed by atoms with E-state index in [1.165, 1.54) is 0 Å². The van der Waals surface area contributed by atoms with Gasteiger partial charge in [-0.2, -0.15) is 5.10 Å². The second-order valence-electron chi connectivity index (χ2n) is 4.61. The summed E-state index contributed by atoms with van der Waals surface area (Å²) in [5.74, 6) is 0.0187. The van der Waals surface area contributed by atoms with E-state index in [1.54, 1.807) is 4.68 Å². The summed E-state index contributed by atoms with van der Waals surface area (Å²) in [6, 6.07) is 0.253. The summed E-state index contributed by atoms with van der Waals surface area (Å²) in [7, 11) is 1.86. The van der Waals surface area contributed by atoms with Gasteiger partial charge in [-0.05, 0) is 19.8 Å². The molecular formula is C12H20N4O2.